The second-order valence-corrected chi connectivity index (χ2v) is 14.2. The van der Waals surface area contributed by atoms with Crippen molar-refractivity contribution in [1.29, 1.82) is 0 Å². The van der Waals surface area contributed by atoms with Gasteiger partial charge in [-0.3, -0.25) is 14.7 Å². The predicted molar refractivity (Wildman–Crippen MR) is 181 cm³/mol. The molecule has 0 bridgehead atoms. The second-order valence-electron chi connectivity index (χ2n) is 13.1. The number of nitrogen functional groups attached to an aromatic ring is 1. The molecule has 4 aliphatic heterocycles. The summed E-state index contributed by atoms with van der Waals surface area (Å²) in [5.74, 6) is -1.15. The highest BCUT2D eigenvalue weighted by atomic mass is 127. The van der Waals surface area contributed by atoms with Crippen molar-refractivity contribution in [3.63, 3.8) is 0 Å². The monoisotopic (exact) mass is 804 g/mol. The summed E-state index contributed by atoms with van der Waals surface area (Å²) in [6.45, 7) is 2.13. The Bertz CT molecular complexity index is 1690. The number of likely N-dealkylation sites (N-methyl/N-ethyl adjacent to an activating group) is 1. The van der Waals surface area contributed by atoms with Crippen LogP contribution in [0.2, 0.25) is 0 Å². The molecule has 11 nitrogen and oxygen atoms in total. The number of aliphatic imine (C=N–C) groups is 1. The lowest BCUT2D eigenvalue weighted by Crippen LogP contribution is -2.43. The minimum Gasteiger partial charge on any atom is -0.461 e. The summed E-state index contributed by atoms with van der Waals surface area (Å²) in [6, 6.07) is 1.60. The maximum atomic E-state index is 15.3. The van der Waals surface area contributed by atoms with Crippen LogP contribution in [0.5, 0.6) is 6.01 Å². The highest BCUT2D eigenvalue weighted by Crippen LogP contribution is 2.44. The van der Waals surface area contributed by atoms with Crippen LogP contribution in [0, 0.1) is 5.82 Å². The lowest BCUT2D eigenvalue weighted by molar-refractivity contribution is -0.140. The first-order chi connectivity index (χ1) is 23.2. The number of ether oxygens (including phenoxy) is 2. The van der Waals surface area contributed by atoms with Crippen LogP contribution in [0.4, 0.5) is 33.5 Å². The van der Waals surface area contributed by atoms with Crippen molar-refractivity contribution in [3.8, 4) is 6.01 Å². The van der Waals surface area contributed by atoms with Crippen molar-refractivity contribution in [2.75, 3.05) is 64.1 Å². The minimum atomic E-state index is -4.86. The Balaban J connectivity index is 1.38. The highest BCUT2D eigenvalue weighted by molar-refractivity contribution is 14.1. The number of fused-ring (bicyclic) bond motifs is 2. The molecule has 1 aromatic heterocycles. The number of nitrogens with two attached hydrogens (primary N) is 2. The van der Waals surface area contributed by atoms with Gasteiger partial charge in [-0.1, -0.05) is 0 Å². The third kappa shape index (κ3) is 7.02. The fraction of sp³-hybridized carbons (Fsp3) is 0.562. The number of amides is 1. The van der Waals surface area contributed by atoms with Gasteiger partial charge in [0, 0.05) is 57.7 Å². The molecule has 6 rings (SSSR count). The van der Waals surface area contributed by atoms with Gasteiger partial charge in [-0.25, -0.2) is 8.78 Å². The van der Waals surface area contributed by atoms with Crippen LogP contribution < -0.4 is 21.1 Å². The number of nitrogens with zero attached hydrogens (tertiary/aromatic N) is 6. The Morgan fingerprint density at radius 2 is 2.00 bits per heavy atom. The number of carbonyl (C=O) groups excluding carboxylic acids is 1. The van der Waals surface area contributed by atoms with Gasteiger partial charge in [0.1, 0.15) is 24.3 Å². The molecule has 0 radical (unpaired) electrons. The average Bonchev–Trinajstić information content (AvgIpc) is 3.46. The first kappa shape index (κ1) is 35.5. The summed E-state index contributed by atoms with van der Waals surface area (Å²) in [6.07, 6.45) is -4.81. The number of hydrogen-bond donors (Lipinski definition) is 2. The Morgan fingerprint density at radius 3 is 2.73 bits per heavy atom. The molecule has 266 valence electrons. The van der Waals surface area contributed by atoms with E-state index >= 15 is 4.39 Å². The third-order valence-corrected chi connectivity index (χ3v) is 10.8. The van der Waals surface area contributed by atoms with Crippen molar-refractivity contribution in [2.24, 2.45) is 10.7 Å². The maximum Gasteiger partial charge on any atom is 0.416 e. The summed E-state index contributed by atoms with van der Waals surface area (Å²) in [5, 5.41) is 0. The summed E-state index contributed by atoms with van der Waals surface area (Å²) in [4.78, 5) is 32.1. The summed E-state index contributed by atoms with van der Waals surface area (Å²) >= 11 is 2.00. The quantitative estimate of drug-likeness (QED) is 0.182. The van der Waals surface area contributed by atoms with E-state index in [0.717, 1.165) is 31.5 Å². The Morgan fingerprint density at radius 1 is 1.22 bits per heavy atom. The van der Waals surface area contributed by atoms with Gasteiger partial charge in [-0.15, -0.1) is 0 Å². The first-order valence-electron chi connectivity index (χ1n) is 16.0. The van der Waals surface area contributed by atoms with E-state index in [1.807, 2.05) is 27.5 Å². The zero-order chi connectivity index (χ0) is 35.2. The van der Waals surface area contributed by atoms with E-state index in [-0.39, 0.29) is 43.8 Å². The van der Waals surface area contributed by atoms with Crippen molar-refractivity contribution in [2.45, 2.75) is 62.7 Å². The Kier molecular flexibility index (Phi) is 9.98. The number of hydrogen-bond acceptors (Lipinski definition) is 10. The van der Waals surface area contributed by atoms with Gasteiger partial charge >= 0.3 is 12.2 Å². The van der Waals surface area contributed by atoms with Crippen molar-refractivity contribution in [3.05, 3.63) is 49.6 Å². The molecule has 2 aromatic rings. The molecule has 4 N–H and O–H groups in total. The normalized spacial score (nSPS) is 24.9. The number of carbonyl (C=O) groups is 1. The van der Waals surface area contributed by atoms with Crippen molar-refractivity contribution in [1.82, 2.24) is 19.8 Å². The fourth-order valence-electron chi connectivity index (χ4n) is 7.16. The summed E-state index contributed by atoms with van der Waals surface area (Å²) in [7, 11) is 3.19. The van der Waals surface area contributed by atoms with Crippen LogP contribution in [-0.4, -0.2) is 96.5 Å². The van der Waals surface area contributed by atoms with Crippen LogP contribution in [-0.2, 0) is 28.7 Å². The standard InChI is InChI=1S/C32H38F5IN8O3/c1-44(2)29(47)27(40)26(38)22-14-45(9-4-8-41-22)28-18-15-48-23(24-19(32(35,36)37)5-6-20(39)25(24)34)11-21(18)42-30(43-28)49-16-31-7-3-10-46(31)13-17(33)12-31/h5-6,17,23H,3-4,7-16,39-40H2,1-2H3/b27-26+/t17-,23+,31+/m1/s1. The van der Waals surface area contributed by atoms with Crippen LogP contribution in [0.1, 0.15) is 54.2 Å². The molecule has 2 fully saturated rings. The van der Waals surface area contributed by atoms with Crippen molar-refractivity contribution >= 4 is 45.7 Å². The SMILES string of the molecule is CN(C)C(=O)/C(N)=C(\I)C1=NCCCN(c2nc(OC[C@@]34CCCN3C[C@H](F)C4)nc3c2CO[C@H](c2c(C(F)(F)F)ccc(N)c2F)C3)C1. The Labute approximate surface area is 294 Å². The summed E-state index contributed by atoms with van der Waals surface area (Å²) < 4.78 is 84.7. The predicted octanol–water partition coefficient (Wildman–Crippen LogP) is 4.33. The molecule has 1 aromatic carbocycles. The van der Waals surface area contributed by atoms with E-state index in [0.29, 0.717) is 58.8 Å². The molecule has 17 heteroatoms. The largest absolute Gasteiger partial charge is 0.461 e. The molecule has 1 amide bonds. The fourth-order valence-corrected chi connectivity index (χ4v) is 7.73. The molecule has 0 unspecified atom stereocenters. The number of aromatic nitrogens is 2. The maximum absolute atomic E-state index is 15.3. The minimum absolute atomic E-state index is 0.0303. The van der Waals surface area contributed by atoms with Crippen LogP contribution in [0.25, 0.3) is 0 Å². The number of halogens is 6. The van der Waals surface area contributed by atoms with Gasteiger partial charge in [0.2, 0.25) is 0 Å². The second kappa shape index (κ2) is 13.8. The molecule has 3 atom stereocenters. The Hall–Kier alpha value is -3.32. The number of alkyl halides is 4. The lowest BCUT2D eigenvalue weighted by atomic mass is 9.93. The van der Waals surface area contributed by atoms with Crippen LogP contribution in [0.15, 0.2) is 26.4 Å². The molecule has 4 aliphatic rings. The smallest absolute Gasteiger partial charge is 0.416 e. The van der Waals surface area contributed by atoms with E-state index < -0.39 is 46.6 Å². The third-order valence-electron chi connectivity index (χ3n) is 9.58. The molecular formula is C32H38F5IN8O3. The first-order valence-corrected chi connectivity index (χ1v) is 17.1. The summed E-state index contributed by atoms with van der Waals surface area (Å²) in [5.41, 5.74) is 10.6. The molecule has 49 heavy (non-hydrogen) atoms. The van der Waals surface area contributed by atoms with E-state index in [2.05, 4.69) is 14.9 Å². The van der Waals surface area contributed by atoms with Gasteiger partial charge < -0.3 is 30.7 Å². The van der Waals surface area contributed by atoms with Gasteiger partial charge in [0.25, 0.3) is 5.91 Å². The van der Waals surface area contributed by atoms with E-state index in [9.17, 15) is 22.4 Å². The van der Waals surface area contributed by atoms with Crippen LogP contribution >= 0.6 is 22.6 Å². The molecule has 0 spiro atoms. The van der Waals surface area contributed by atoms with Crippen LogP contribution in [0.3, 0.4) is 0 Å². The number of rotatable bonds is 7. The number of benzene rings is 1. The zero-order valence-corrected chi connectivity index (χ0v) is 29.3. The molecule has 0 aliphatic carbocycles. The zero-order valence-electron chi connectivity index (χ0n) is 27.1. The van der Waals surface area contributed by atoms with Gasteiger partial charge in [-0.2, -0.15) is 23.1 Å². The van der Waals surface area contributed by atoms with Gasteiger partial charge in [0.05, 0.1) is 51.0 Å². The highest BCUT2D eigenvalue weighted by Gasteiger charge is 2.49. The average molecular weight is 805 g/mol. The molecule has 0 saturated carbocycles. The topological polar surface area (TPSA) is 135 Å². The van der Waals surface area contributed by atoms with E-state index in [1.165, 1.54) is 4.90 Å². The van der Waals surface area contributed by atoms with Gasteiger partial charge in [0.15, 0.2) is 5.82 Å². The van der Waals surface area contributed by atoms with Crippen molar-refractivity contribution < 1.29 is 36.2 Å². The molecular weight excluding hydrogens is 766 g/mol. The van der Waals surface area contributed by atoms with Gasteiger partial charge in [-0.05, 0) is 60.5 Å². The van der Waals surface area contributed by atoms with E-state index in [1.54, 1.807) is 14.1 Å². The number of anilines is 2. The molecule has 2 saturated heterocycles. The lowest BCUT2D eigenvalue weighted by Gasteiger charge is -2.33. The van der Waals surface area contributed by atoms with E-state index in [4.69, 9.17) is 25.9 Å². The molecule has 5 heterocycles.